The van der Waals surface area contributed by atoms with Gasteiger partial charge in [-0.2, -0.15) is 0 Å². The molecule has 1 spiro atoms. The average Bonchev–Trinajstić information content (AvgIpc) is 3.09. The van der Waals surface area contributed by atoms with Crippen LogP contribution in [-0.4, -0.2) is 49.2 Å². The first-order valence-electron chi connectivity index (χ1n) is 6.61. The Morgan fingerprint density at radius 1 is 1.47 bits per heavy atom. The minimum atomic E-state index is -0.0114. The molecule has 0 N–H and O–H groups in total. The first kappa shape index (κ1) is 12.4. The molecule has 5 nitrogen and oxygen atoms in total. The third kappa shape index (κ3) is 2.30. The van der Waals surface area contributed by atoms with E-state index in [4.69, 9.17) is 9.47 Å². The van der Waals surface area contributed by atoms with Gasteiger partial charge in [-0.25, -0.2) is 4.98 Å². The Labute approximate surface area is 112 Å². The molecule has 1 amide bonds. The van der Waals surface area contributed by atoms with Crippen molar-refractivity contribution in [3.8, 4) is 5.88 Å². The van der Waals surface area contributed by atoms with Crippen molar-refractivity contribution in [3.63, 3.8) is 0 Å². The van der Waals surface area contributed by atoms with Crippen molar-refractivity contribution < 1.29 is 14.3 Å². The zero-order chi connectivity index (χ0) is 13.3. The van der Waals surface area contributed by atoms with Crippen molar-refractivity contribution in [2.24, 2.45) is 5.41 Å². The highest BCUT2D eigenvalue weighted by Gasteiger charge is 2.43. The summed E-state index contributed by atoms with van der Waals surface area (Å²) < 4.78 is 10.5. The highest BCUT2D eigenvalue weighted by molar-refractivity contribution is 5.92. The van der Waals surface area contributed by atoms with Gasteiger partial charge < -0.3 is 14.4 Å². The summed E-state index contributed by atoms with van der Waals surface area (Å²) >= 11 is 0. The van der Waals surface area contributed by atoms with Crippen molar-refractivity contribution in [1.29, 1.82) is 0 Å². The van der Waals surface area contributed by atoms with Gasteiger partial charge in [-0.05, 0) is 18.9 Å². The number of hydrogen-bond acceptors (Lipinski definition) is 4. The van der Waals surface area contributed by atoms with E-state index in [1.807, 2.05) is 4.90 Å². The summed E-state index contributed by atoms with van der Waals surface area (Å²) in [5.74, 6) is 0.464. The van der Waals surface area contributed by atoms with Crippen LogP contribution in [0.3, 0.4) is 0 Å². The number of ether oxygens (including phenoxy) is 2. The SMILES string of the molecule is COc1cccc(C(=O)N2CC[C@@]3(CCOC3)C2)n1. The molecule has 5 heteroatoms. The van der Waals surface area contributed by atoms with Gasteiger partial charge in [-0.3, -0.25) is 4.79 Å². The summed E-state index contributed by atoms with van der Waals surface area (Å²) in [6.07, 6.45) is 2.09. The number of aromatic nitrogens is 1. The largest absolute Gasteiger partial charge is 0.481 e. The molecule has 0 radical (unpaired) electrons. The standard InChI is InChI=1S/C14H18N2O3/c1-18-12-4-2-3-11(15-12)13(17)16-7-5-14(9-16)6-8-19-10-14/h2-4H,5-10H2,1H3/t14-/m1/s1. The molecule has 3 rings (SSSR count). The number of pyridine rings is 1. The van der Waals surface area contributed by atoms with Crippen LogP contribution in [0.1, 0.15) is 23.3 Å². The predicted octanol–water partition coefficient (Wildman–Crippen LogP) is 1.34. The van der Waals surface area contributed by atoms with E-state index in [1.165, 1.54) is 0 Å². The van der Waals surface area contributed by atoms with Gasteiger partial charge in [0.05, 0.1) is 13.7 Å². The highest BCUT2D eigenvalue weighted by atomic mass is 16.5. The summed E-state index contributed by atoms with van der Waals surface area (Å²) in [5.41, 5.74) is 0.643. The lowest BCUT2D eigenvalue weighted by Crippen LogP contribution is -2.32. The van der Waals surface area contributed by atoms with E-state index in [1.54, 1.807) is 25.3 Å². The molecule has 2 fully saturated rings. The molecule has 2 aliphatic heterocycles. The summed E-state index contributed by atoms with van der Waals surface area (Å²) in [6, 6.07) is 5.28. The van der Waals surface area contributed by atoms with Crippen LogP contribution in [0.15, 0.2) is 18.2 Å². The fraction of sp³-hybridized carbons (Fsp3) is 0.571. The molecule has 0 aliphatic carbocycles. The number of nitrogens with zero attached hydrogens (tertiary/aromatic N) is 2. The van der Waals surface area contributed by atoms with Gasteiger partial charge in [0.15, 0.2) is 0 Å². The maximum atomic E-state index is 12.4. The number of methoxy groups -OCH3 is 1. The third-order valence-electron chi connectivity index (χ3n) is 4.06. The van der Waals surface area contributed by atoms with Crippen LogP contribution in [0.2, 0.25) is 0 Å². The molecule has 0 bridgehead atoms. The number of carbonyl (C=O) groups excluding carboxylic acids is 1. The lowest BCUT2D eigenvalue weighted by molar-refractivity contribution is 0.0759. The zero-order valence-corrected chi connectivity index (χ0v) is 11.1. The average molecular weight is 262 g/mol. The smallest absolute Gasteiger partial charge is 0.272 e. The van der Waals surface area contributed by atoms with Gasteiger partial charge in [-0.1, -0.05) is 6.07 Å². The monoisotopic (exact) mass is 262 g/mol. The van der Waals surface area contributed by atoms with Crippen LogP contribution in [0.5, 0.6) is 5.88 Å². The predicted molar refractivity (Wildman–Crippen MR) is 69.2 cm³/mol. The van der Waals surface area contributed by atoms with Gasteiger partial charge in [0.1, 0.15) is 5.69 Å². The summed E-state index contributed by atoms with van der Waals surface area (Å²) in [5, 5.41) is 0. The van der Waals surface area contributed by atoms with Crippen LogP contribution in [-0.2, 0) is 4.74 Å². The second-order valence-electron chi connectivity index (χ2n) is 5.34. The molecule has 0 saturated carbocycles. The molecule has 2 aliphatic rings. The Kier molecular flexibility index (Phi) is 3.14. The molecule has 2 saturated heterocycles. The molecule has 1 aromatic heterocycles. The molecule has 1 atom stereocenters. The Morgan fingerprint density at radius 2 is 2.37 bits per heavy atom. The van der Waals surface area contributed by atoms with E-state index in [0.29, 0.717) is 11.6 Å². The number of amides is 1. The molecule has 102 valence electrons. The van der Waals surface area contributed by atoms with Crippen molar-refractivity contribution in [1.82, 2.24) is 9.88 Å². The molecular weight excluding hydrogens is 244 g/mol. The molecule has 0 unspecified atom stereocenters. The van der Waals surface area contributed by atoms with E-state index >= 15 is 0 Å². The fourth-order valence-corrected chi connectivity index (χ4v) is 2.89. The second-order valence-corrected chi connectivity index (χ2v) is 5.34. The topological polar surface area (TPSA) is 51.7 Å². The Morgan fingerprint density at radius 3 is 3.11 bits per heavy atom. The molecule has 19 heavy (non-hydrogen) atoms. The van der Waals surface area contributed by atoms with Crippen LogP contribution in [0, 0.1) is 5.41 Å². The number of carbonyl (C=O) groups is 1. The van der Waals surface area contributed by atoms with Gasteiger partial charge >= 0.3 is 0 Å². The second kappa shape index (κ2) is 4.81. The maximum absolute atomic E-state index is 12.4. The van der Waals surface area contributed by atoms with Crippen molar-refractivity contribution in [2.45, 2.75) is 12.8 Å². The Balaban J connectivity index is 1.74. The summed E-state index contributed by atoms with van der Waals surface area (Å²) in [7, 11) is 1.55. The van der Waals surface area contributed by atoms with Crippen LogP contribution in [0.4, 0.5) is 0 Å². The minimum absolute atomic E-state index is 0.0114. The normalized spacial score (nSPS) is 26.1. The quantitative estimate of drug-likeness (QED) is 0.807. The molecule has 3 heterocycles. The first-order valence-corrected chi connectivity index (χ1v) is 6.61. The van der Waals surface area contributed by atoms with Crippen molar-refractivity contribution >= 4 is 5.91 Å². The zero-order valence-electron chi connectivity index (χ0n) is 11.1. The highest BCUT2D eigenvalue weighted by Crippen LogP contribution is 2.38. The van der Waals surface area contributed by atoms with E-state index in [9.17, 15) is 4.79 Å². The van der Waals surface area contributed by atoms with Gasteiger partial charge in [0.2, 0.25) is 5.88 Å². The number of likely N-dealkylation sites (tertiary alicyclic amines) is 1. The maximum Gasteiger partial charge on any atom is 0.272 e. The summed E-state index contributed by atoms with van der Waals surface area (Å²) in [6.45, 7) is 3.17. The van der Waals surface area contributed by atoms with Crippen LogP contribution >= 0.6 is 0 Å². The molecule has 0 aromatic carbocycles. The lowest BCUT2D eigenvalue weighted by Gasteiger charge is -2.21. The van der Waals surface area contributed by atoms with Gasteiger partial charge in [0, 0.05) is 31.2 Å². The Bertz CT molecular complexity index is 483. The van der Waals surface area contributed by atoms with Crippen molar-refractivity contribution in [3.05, 3.63) is 23.9 Å². The molecular formula is C14H18N2O3. The molecule has 1 aromatic rings. The van der Waals surface area contributed by atoms with Gasteiger partial charge in [-0.15, -0.1) is 0 Å². The van der Waals surface area contributed by atoms with Gasteiger partial charge in [0.25, 0.3) is 5.91 Å². The number of rotatable bonds is 2. The van der Waals surface area contributed by atoms with E-state index in [2.05, 4.69) is 4.98 Å². The van der Waals surface area contributed by atoms with E-state index in [0.717, 1.165) is 39.1 Å². The number of hydrogen-bond donors (Lipinski definition) is 0. The van der Waals surface area contributed by atoms with Crippen LogP contribution in [0.25, 0.3) is 0 Å². The van der Waals surface area contributed by atoms with E-state index in [-0.39, 0.29) is 11.3 Å². The minimum Gasteiger partial charge on any atom is -0.481 e. The van der Waals surface area contributed by atoms with E-state index < -0.39 is 0 Å². The van der Waals surface area contributed by atoms with Crippen LogP contribution < -0.4 is 4.74 Å². The Hall–Kier alpha value is -1.62. The third-order valence-corrected chi connectivity index (χ3v) is 4.06. The summed E-state index contributed by atoms with van der Waals surface area (Å²) in [4.78, 5) is 18.5. The first-order chi connectivity index (χ1) is 9.22. The lowest BCUT2D eigenvalue weighted by atomic mass is 9.87. The van der Waals surface area contributed by atoms with Crippen molar-refractivity contribution in [2.75, 3.05) is 33.4 Å². The fourth-order valence-electron chi connectivity index (χ4n) is 2.89.